The van der Waals surface area contributed by atoms with Gasteiger partial charge in [-0.25, -0.2) is 0 Å². The van der Waals surface area contributed by atoms with E-state index in [2.05, 4.69) is 6.92 Å². The molecule has 0 aliphatic rings. The Hall–Kier alpha value is -0.580. The highest BCUT2D eigenvalue weighted by atomic mass is 35.5. The van der Waals surface area contributed by atoms with Gasteiger partial charge in [0, 0.05) is 5.88 Å². The fraction of sp³-hybridized carbons (Fsp3) is 0.571. The van der Waals surface area contributed by atoms with E-state index in [9.17, 15) is 8.42 Å². The molecule has 0 fully saturated rings. The van der Waals surface area contributed by atoms with Gasteiger partial charge in [0.25, 0.3) is 10.1 Å². The van der Waals surface area contributed by atoms with E-state index in [0.29, 0.717) is 11.8 Å². The summed E-state index contributed by atoms with van der Waals surface area (Å²) < 4.78 is 28.8. The van der Waals surface area contributed by atoms with Crippen molar-refractivity contribution in [2.75, 3.05) is 12.5 Å². The maximum absolute atomic E-state index is 11.9. The first-order valence-corrected chi connectivity index (χ1v) is 8.42. The molecule has 0 saturated carbocycles. The summed E-state index contributed by atoms with van der Waals surface area (Å²) in [5.74, 6) is 1.15. The zero-order chi connectivity index (χ0) is 14.3. The fourth-order valence-electron chi connectivity index (χ4n) is 1.70. The molecule has 1 aromatic carbocycles. The number of alkyl halides is 1. The molecule has 0 radical (unpaired) electrons. The minimum absolute atomic E-state index is 0.215. The van der Waals surface area contributed by atoms with Crippen molar-refractivity contribution in [3.8, 4) is 0 Å². The molecule has 1 atom stereocenters. The monoisotopic (exact) mass is 304 g/mol. The van der Waals surface area contributed by atoms with E-state index in [0.717, 1.165) is 24.8 Å². The van der Waals surface area contributed by atoms with Crippen molar-refractivity contribution in [1.82, 2.24) is 0 Å². The van der Waals surface area contributed by atoms with E-state index < -0.39 is 10.1 Å². The van der Waals surface area contributed by atoms with E-state index in [1.807, 2.05) is 6.92 Å². The van der Waals surface area contributed by atoms with Crippen molar-refractivity contribution in [3.63, 3.8) is 0 Å². The highest BCUT2D eigenvalue weighted by Gasteiger charge is 2.14. The van der Waals surface area contributed by atoms with Crippen LogP contribution in [-0.4, -0.2) is 20.9 Å². The smallest absolute Gasteiger partial charge is 0.266 e. The molecule has 19 heavy (non-hydrogen) atoms. The molecular formula is C14H21ClO3S. The molecule has 0 N–H and O–H groups in total. The zero-order valence-corrected chi connectivity index (χ0v) is 13.0. The fourth-order valence-corrected chi connectivity index (χ4v) is 3.02. The van der Waals surface area contributed by atoms with Gasteiger partial charge >= 0.3 is 0 Å². The first-order chi connectivity index (χ1) is 8.95. The van der Waals surface area contributed by atoms with Crippen LogP contribution in [0.2, 0.25) is 0 Å². The van der Waals surface area contributed by atoms with Crippen LogP contribution in [0.25, 0.3) is 0 Å². The van der Waals surface area contributed by atoms with Gasteiger partial charge in [-0.2, -0.15) is 8.42 Å². The van der Waals surface area contributed by atoms with Gasteiger partial charge in [0.15, 0.2) is 0 Å². The van der Waals surface area contributed by atoms with Gasteiger partial charge in [-0.15, -0.1) is 11.6 Å². The normalized spacial score (nSPS) is 13.4. The second-order valence-electron chi connectivity index (χ2n) is 4.81. The lowest BCUT2D eigenvalue weighted by Crippen LogP contribution is -2.08. The summed E-state index contributed by atoms with van der Waals surface area (Å²) in [4.78, 5) is 0.215. The largest absolute Gasteiger partial charge is 0.296 e. The second kappa shape index (κ2) is 7.88. The van der Waals surface area contributed by atoms with Gasteiger partial charge in [0.2, 0.25) is 0 Å². The molecule has 0 spiro atoms. The van der Waals surface area contributed by atoms with Crippen LogP contribution in [-0.2, 0) is 14.3 Å². The number of benzene rings is 1. The molecule has 5 heteroatoms. The maximum Gasteiger partial charge on any atom is 0.296 e. The number of rotatable bonds is 8. The molecule has 1 aromatic rings. The number of hydrogen-bond acceptors (Lipinski definition) is 3. The Morgan fingerprint density at radius 2 is 1.84 bits per heavy atom. The molecule has 0 amide bonds. The van der Waals surface area contributed by atoms with Gasteiger partial charge in [0.05, 0.1) is 11.5 Å². The zero-order valence-electron chi connectivity index (χ0n) is 11.4. The van der Waals surface area contributed by atoms with E-state index >= 15 is 0 Å². The van der Waals surface area contributed by atoms with Crippen molar-refractivity contribution in [2.24, 2.45) is 5.92 Å². The van der Waals surface area contributed by atoms with Gasteiger partial charge in [-0.3, -0.25) is 4.18 Å². The van der Waals surface area contributed by atoms with Gasteiger partial charge < -0.3 is 0 Å². The van der Waals surface area contributed by atoms with E-state index in [1.165, 1.54) is 0 Å². The first kappa shape index (κ1) is 16.5. The lowest BCUT2D eigenvalue weighted by atomic mass is 10.0. The minimum Gasteiger partial charge on any atom is -0.266 e. The molecule has 0 aliphatic carbocycles. The van der Waals surface area contributed by atoms with Gasteiger partial charge in [-0.05, 0) is 44.2 Å². The van der Waals surface area contributed by atoms with Crippen LogP contribution in [0.3, 0.4) is 0 Å². The molecule has 3 nitrogen and oxygen atoms in total. The average Bonchev–Trinajstić information content (AvgIpc) is 2.36. The maximum atomic E-state index is 11.9. The number of aryl methyl sites for hydroxylation is 1. The summed E-state index contributed by atoms with van der Waals surface area (Å²) >= 11 is 5.65. The van der Waals surface area contributed by atoms with Crippen LogP contribution in [0.1, 0.15) is 31.7 Å². The highest BCUT2D eigenvalue weighted by Crippen LogP contribution is 2.15. The second-order valence-corrected chi connectivity index (χ2v) is 6.81. The van der Waals surface area contributed by atoms with Gasteiger partial charge in [-0.1, -0.05) is 24.6 Å². The summed E-state index contributed by atoms with van der Waals surface area (Å²) in [6.07, 6.45) is 2.60. The molecule has 108 valence electrons. The predicted octanol–water partition coefficient (Wildman–Crippen LogP) is 3.75. The summed E-state index contributed by atoms with van der Waals surface area (Å²) in [6, 6.07) is 6.67. The van der Waals surface area contributed by atoms with Crippen molar-refractivity contribution < 1.29 is 12.6 Å². The topological polar surface area (TPSA) is 43.4 Å². The lowest BCUT2D eigenvalue weighted by molar-refractivity contribution is 0.296. The Kier molecular flexibility index (Phi) is 6.83. The molecule has 0 aliphatic heterocycles. The Labute approximate surface area is 121 Å². The Morgan fingerprint density at radius 1 is 1.21 bits per heavy atom. The van der Waals surface area contributed by atoms with Crippen molar-refractivity contribution in [2.45, 2.75) is 38.0 Å². The van der Waals surface area contributed by atoms with Crippen molar-refractivity contribution in [1.29, 1.82) is 0 Å². The Balaban J connectivity index is 2.41. The molecule has 0 heterocycles. The van der Waals surface area contributed by atoms with Crippen molar-refractivity contribution >= 4 is 21.7 Å². The average molecular weight is 305 g/mol. The first-order valence-electron chi connectivity index (χ1n) is 6.48. The summed E-state index contributed by atoms with van der Waals surface area (Å²) in [6.45, 7) is 4.25. The molecule has 1 unspecified atom stereocenters. The van der Waals surface area contributed by atoms with Crippen LogP contribution in [0, 0.1) is 12.8 Å². The van der Waals surface area contributed by atoms with Gasteiger partial charge in [0.1, 0.15) is 0 Å². The Bertz CT molecular complexity index is 468. The quantitative estimate of drug-likeness (QED) is 0.417. The van der Waals surface area contributed by atoms with E-state index in [4.69, 9.17) is 15.8 Å². The highest BCUT2D eigenvalue weighted by molar-refractivity contribution is 7.86. The SMILES string of the molecule is Cc1ccc(S(=O)(=O)OCCCC(C)CCCl)cc1. The Morgan fingerprint density at radius 3 is 2.42 bits per heavy atom. The molecule has 0 bridgehead atoms. The third kappa shape index (κ3) is 5.93. The van der Waals surface area contributed by atoms with Crippen LogP contribution in [0.5, 0.6) is 0 Å². The summed E-state index contributed by atoms with van der Waals surface area (Å²) in [7, 11) is -3.61. The molecule has 0 saturated heterocycles. The third-order valence-corrected chi connectivity index (χ3v) is 4.54. The predicted molar refractivity (Wildman–Crippen MR) is 78.1 cm³/mol. The van der Waals surface area contributed by atoms with Crippen LogP contribution in [0.15, 0.2) is 29.2 Å². The van der Waals surface area contributed by atoms with E-state index in [-0.39, 0.29) is 11.5 Å². The lowest BCUT2D eigenvalue weighted by Gasteiger charge is -2.09. The molecule has 1 rings (SSSR count). The summed E-state index contributed by atoms with van der Waals surface area (Å²) in [5.41, 5.74) is 1.02. The standard InChI is InChI=1S/C14H21ClO3S/c1-12(9-10-15)4-3-11-18-19(16,17)14-7-5-13(2)6-8-14/h5-8,12H,3-4,9-11H2,1-2H3. The summed E-state index contributed by atoms with van der Waals surface area (Å²) in [5, 5.41) is 0. The van der Waals surface area contributed by atoms with Crippen LogP contribution < -0.4 is 0 Å². The molecule has 0 aromatic heterocycles. The minimum atomic E-state index is -3.61. The van der Waals surface area contributed by atoms with E-state index in [1.54, 1.807) is 24.3 Å². The number of halogens is 1. The van der Waals surface area contributed by atoms with Crippen LogP contribution in [0.4, 0.5) is 0 Å². The molecular weight excluding hydrogens is 284 g/mol. The number of hydrogen-bond donors (Lipinski definition) is 0. The van der Waals surface area contributed by atoms with Crippen molar-refractivity contribution in [3.05, 3.63) is 29.8 Å². The third-order valence-electron chi connectivity index (χ3n) is 2.99. The van der Waals surface area contributed by atoms with Crippen LogP contribution >= 0.6 is 11.6 Å².